The molecule has 0 amide bonds. The molecule has 0 heterocycles. The molecule has 3 unspecified atom stereocenters. The van der Waals surface area contributed by atoms with Gasteiger partial charge in [-0.05, 0) is 37.0 Å². The van der Waals surface area contributed by atoms with E-state index in [0.29, 0.717) is 11.5 Å². The molecule has 0 aromatic heterocycles. The molecule has 0 aromatic carbocycles. The third-order valence-electron chi connectivity index (χ3n) is 4.20. The van der Waals surface area contributed by atoms with Crippen molar-refractivity contribution in [2.75, 3.05) is 0 Å². The lowest BCUT2D eigenvalue weighted by Gasteiger charge is -2.40. The van der Waals surface area contributed by atoms with Gasteiger partial charge in [-0.15, -0.1) is 0 Å². The maximum absolute atomic E-state index is 5.84. The third kappa shape index (κ3) is 3.61. The second-order valence-electron chi connectivity index (χ2n) is 5.49. The maximum Gasteiger partial charge on any atom is 0.00106 e. The molecule has 0 aliphatic rings. The predicted molar refractivity (Wildman–Crippen MR) is 65.3 cm³/mol. The smallest absolute Gasteiger partial charge is 0.00106 e. The van der Waals surface area contributed by atoms with Crippen LogP contribution in [0.2, 0.25) is 0 Å². The minimum absolute atomic E-state index is 0.345. The molecular formula is C13H29N. The molecule has 0 rings (SSSR count). The Hall–Kier alpha value is -0.0400. The number of hydrogen-bond donors (Lipinski definition) is 1. The van der Waals surface area contributed by atoms with Crippen LogP contribution in [-0.2, 0) is 0 Å². The van der Waals surface area contributed by atoms with Gasteiger partial charge < -0.3 is 5.73 Å². The van der Waals surface area contributed by atoms with E-state index in [0.717, 1.165) is 18.3 Å². The highest BCUT2D eigenvalue weighted by atomic mass is 14.6. The Morgan fingerprint density at radius 2 is 1.64 bits per heavy atom. The second-order valence-corrected chi connectivity index (χ2v) is 5.49. The van der Waals surface area contributed by atoms with E-state index in [1.54, 1.807) is 0 Å². The van der Waals surface area contributed by atoms with Crippen LogP contribution in [0.5, 0.6) is 0 Å². The summed E-state index contributed by atoms with van der Waals surface area (Å²) in [6.45, 7) is 13.9. The molecule has 0 aromatic rings. The van der Waals surface area contributed by atoms with E-state index in [-0.39, 0.29) is 0 Å². The Morgan fingerprint density at radius 1 is 1.14 bits per heavy atom. The average molecular weight is 199 g/mol. The van der Waals surface area contributed by atoms with Gasteiger partial charge in [0.25, 0.3) is 0 Å². The van der Waals surface area contributed by atoms with Crippen LogP contribution < -0.4 is 5.73 Å². The third-order valence-corrected chi connectivity index (χ3v) is 4.20. The minimum Gasteiger partial charge on any atom is -0.328 e. The zero-order valence-corrected chi connectivity index (χ0v) is 10.9. The molecular weight excluding hydrogens is 170 g/mol. The highest BCUT2D eigenvalue weighted by molar-refractivity contribution is 4.83. The van der Waals surface area contributed by atoms with Gasteiger partial charge in [0.15, 0.2) is 0 Å². The highest BCUT2D eigenvalue weighted by Gasteiger charge is 2.32. The van der Waals surface area contributed by atoms with Gasteiger partial charge in [-0.3, -0.25) is 0 Å². The van der Waals surface area contributed by atoms with Crippen LogP contribution in [-0.4, -0.2) is 6.04 Å². The summed E-state index contributed by atoms with van der Waals surface area (Å²) in [5, 5.41) is 0. The Labute approximate surface area is 90.5 Å². The summed E-state index contributed by atoms with van der Waals surface area (Å²) in [6, 6.07) is 0.345. The van der Waals surface area contributed by atoms with E-state index in [4.69, 9.17) is 5.73 Å². The molecule has 0 saturated carbocycles. The van der Waals surface area contributed by atoms with Crippen LogP contribution in [0.25, 0.3) is 0 Å². The molecule has 2 N–H and O–H groups in total. The Kier molecular flexibility index (Phi) is 5.73. The largest absolute Gasteiger partial charge is 0.328 e. The lowest BCUT2D eigenvalue weighted by atomic mass is 9.66. The van der Waals surface area contributed by atoms with E-state index < -0.39 is 0 Å². The van der Waals surface area contributed by atoms with Crippen molar-refractivity contribution < 1.29 is 0 Å². The fraction of sp³-hybridized carbons (Fsp3) is 1.00. The summed E-state index contributed by atoms with van der Waals surface area (Å²) in [5.41, 5.74) is 6.30. The minimum atomic E-state index is 0.345. The monoisotopic (exact) mass is 199 g/mol. The number of nitrogens with two attached hydrogens (primary N) is 1. The molecule has 1 heteroatoms. The SMILES string of the molecule is CCC(C)C(C)(CCC(C)N)C(C)C. The summed E-state index contributed by atoms with van der Waals surface area (Å²) in [5.74, 6) is 1.54. The van der Waals surface area contributed by atoms with Gasteiger partial charge in [-0.25, -0.2) is 0 Å². The van der Waals surface area contributed by atoms with Crippen LogP contribution in [0.3, 0.4) is 0 Å². The van der Waals surface area contributed by atoms with Crippen molar-refractivity contribution in [3.63, 3.8) is 0 Å². The Bertz CT molecular complexity index is 151. The number of hydrogen-bond acceptors (Lipinski definition) is 1. The van der Waals surface area contributed by atoms with E-state index in [1.807, 2.05) is 0 Å². The lowest BCUT2D eigenvalue weighted by molar-refractivity contribution is 0.103. The van der Waals surface area contributed by atoms with Crippen molar-refractivity contribution in [1.82, 2.24) is 0 Å². The molecule has 86 valence electrons. The second kappa shape index (κ2) is 5.75. The van der Waals surface area contributed by atoms with Crippen LogP contribution in [0, 0.1) is 17.3 Å². The van der Waals surface area contributed by atoms with Crippen LogP contribution in [0.1, 0.15) is 60.8 Å². The molecule has 0 radical (unpaired) electrons. The zero-order chi connectivity index (χ0) is 11.4. The van der Waals surface area contributed by atoms with Crippen molar-refractivity contribution in [1.29, 1.82) is 0 Å². The van der Waals surface area contributed by atoms with E-state index >= 15 is 0 Å². The van der Waals surface area contributed by atoms with Gasteiger partial charge in [0.2, 0.25) is 0 Å². The van der Waals surface area contributed by atoms with Crippen molar-refractivity contribution >= 4 is 0 Å². The summed E-state index contributed by atoms with van der Waals surface area (Å²) < 4.78 is 0. The zero-order valence-electron chi connectivity index (χ0n) is 10.9. The molecule has 0 aliphatic heterocycles. The quantitative estimate of drug-likeness (QED) is 0.691. The number of rotatable bonds is 6. The van der Waals surface area contributed by atoms with Crippen LogP contribution >= 0.6 is 0 Å². The van der Waals surface area contributed by atoms with Gasteiger partial charge in [-0.1, -0.05) is 41.0 Å². The molecule has 3 atom stereocenters. The normalized spacial score (nSPS) is 20.6. The molecule has 14 heavy (non-hydrogen) atoms. The first-order chi connectivity index (χ1) is 6.34. The van der Waals surface area contributed by atoms with Crippen molar-refractivity contribution in [3.8, 4) is 0 Å². The summed E-state index contributed by atoms with van der Waals surface area (Å²) in [6.07, 6.45) is 3.68. The molecule has 0 spiro atoms. The summed E-state index contributed by atoms with van der Waals surface area (Å²) >= 11 is 0. The molecule has 0 aliphatic carbocycles. The molecule has 0 fully saturated rings. The molecule has 0 bridgehead atoms. The first-order valence-corrected chi connectivity index (χ1v) is 6.10. The van der Waals surface area contributed by atoms with E-state index in [1.165, 1.54) is 12.8 Å². The van der Waals surface area contributed by atoms with Gasteiger partial charge in [-0.2, -0.15) is 0 Å². The Balaban J connectivity index is 4.39. The fourth-order valence-electron chi connectivity index (χ4n) is 2.11. The topological polar surface area (TPSA) is 26.0 Å². The van der Waals surface area contributed by atoms with E-state index in [2.05, 4.69) is 41.5 Å². The average Bonchev–Trinajstić information content (AvgIpc) is 2.12. The van der Waals surface area contributed by atoms with Gasteiger partial charge in [0.1, 0.15) is 0 Å². The molecule has 1 nitrogen and oxygen atoms in total. The van der Waals surface area contributed by atoms with Crippen molar-refractivity contribution in [2.24, 2.45) is 23.0 Å². The molecule has 0 saturated heterocycles. The van der Waals surface area contributed by atoms with Gasteiger partial charge in [0.05, 0.1) is 0 Å². The summed E-state index contributed by atoms with van der Waals surface area (Å²) in [4.78, 5) is 0. The first-order valence-electron chi connectivity index (χ1n) is 6.10. The van der Waals surface area contributed by atoms with Crippen molar-refractivity contribution in [2.45, 2.75) is 66.8 Å². The van der Waals surface area contributed by atoms with Crippen LogP contribution in [0.15, 0.2) is 0 Å². The van der Waals surface area contributed by atoms with E-state index in [9.17, 15) is 0 Å². The first kappa shape index (κ1) is 14.0. The fourth-order valence-corrected chi connectivity index (χ4v) is 2.11. The predicted octanol–water partition coefficient (Wildman–Crippen LogP) is 3.82. The van der Waals surface area contributed by atoms with Crippen LogP contribution in [0.4, 0.5) is 0 Å². The highest BCUT2D eigenvalue weighted by Crippen LogP contribution is 2.41. The standard InChI is InChI=1S/C13H29N/c1-7-11(4)13(6,10(2)3)9-8-12(5)14/h10-12H,7-9,14H2,1-6H3. The summed E-state index contributed by atoms with van der Waals surface area (Å²) in [7, 11) is 0. The lowest BCUT2D eigenvalue weighted by Crippen LogP contribution is -2.32. The van der Waals surface area contributed by atoms with Gasteiger partial charge >= 0.3 is 0 Å². The van der Waals surface area contributed by atoms with Gasteiger partial charge in [0, 0.05) is 6.04 Å². The maximum atomic E-state index is 5.84. The van der Waals surface area contributed by atoms with Crippen molar-refractivity contribution in [3.05, 3.63) is 0 Å². The Morgan fingerprint density at radius 3 is 1.93 bits per heavy atom.